The zero-order valence-electron chi connectivity index (χ0n) is 12.7. The Labute approximate surface area is 126 Å². The first-order valence-electron chi connectivity index (χ1n) is 7.98. The van der Waals surface area contributed by atoms with Crippen molar-refractivity contribution in [2.24, 2.45) is 5.92 Å². The number of likely N-dealkylation sites (N-methyl/N-ethyl adjacent to an activating group) is 1. The lowest BCUT2D eigenvalue weighted by molar-refractivity contribution is 0.0724. The van der Waals surface area contributed by atoms with Gasteiger partial charge in [0, 0.05) is 12.6 Å². The predicted octanol–water partition coefficient (Wildman–Crippen LogP) is 2.30. The maximum atomic E-state index is 12.7. The van der Waals surface area contributed by atoms with Crippen molar-refractivity contribution < 1.29 is 9.53 Å². The third kappa shape index (κ3) is 3.05. The molecule has 1 fully saturated rings. The van der Waals surface area contributed by atoms with Crippen LogP contribution in [0, 0.1) is 5.92 Å². The Hall–Kier alpha value is -1.55. The van der Waals surface area contributed by atoms with Crippen LogP contribution in [-0.4, -0.2) is 43.6 Å². The first-order chi connectivity index (χ1) is 10.3. The van der Waals surface area contributed by atoms with Crippen LogP contribution in [0.25, 0.3) is 0 Å². The van der Waals surface area contributed by atoms with Gasteiger partial charge >= 0.3 is 0 Å². The zero-order valence-corrected chi connectivity index (χ0v) is 12.7. The standard InChI is InChI=1S/C17H24N2O2/c1-18-15(13-6-2-3-7-13)12-19-10-11-21-16-9-5-4-8-14(16)17(19)20/h4-5,8-9,13,15,18H,2-3,6-7,10-12H2,1H3. The summed E-state index contributed by atoms with van der Waals surface area (Å²) in [6.07, 6.45) is 5.20. The van der Waals surface area contributed by atoms with Gasteiger partial charge in [0.05, 0.1) is 12.1 Å². The molecule has 0 radical (unpaired) electrons. The molecule has 4 heteroatoms. The first kappa shape index (κ1) is 14.4. The second-order valence-electron chi connectivity index (χ2n) is 6.04. The molecule has 2 aliphatic rings. The van der Waals surface area contributed by atoms with Crippen molar-refractivity contribution >= 4 is 5.91 Å². The van der Waals surface area contributed by atoms with E-state index >= 15 is 0 Å². The normalized spacial score (nSPS) is 20.8. The molecule has 0 aromatic heterocycles. The zero-order chi connectivity index (χ0) is 14.7. The van der Waals surface area contributed by atoms with Gasteiger partial charge in [-0.2, -0.15) is 0 Å². The average Bonchev–Trinajstić information content (AvgIpc) is 2.99. The molecule has 1 saturated carbocycles. The largest absolute Gasteiger partial charge is 0.491 e. The number of hydrogen-bond acceptors (Lipinski definition) is 3. The smallest absolute Gasteiger partial charge is 0.257 e. The highest BCUT2D eigenvalue weighted by molar-refractivity contribution is 5.97. The number of para-hydroxylation sites is 1. The van der Waals surface area contributed by atoms with E-state index in [4.69, 9.17) is 4.74 Å². The van der Waals surface area contributed by atoms with E-state index in [9.17, 15) is 4.79 Å². The minimum absolute atomic E-state index is 0.0985. The molecule has 1 atom stereocenters. The van der Waals surface area contributed by atoms with Crippen molar-refractivity contribution in [1.29, 1.82) is 0 Å². The monoisotopic (exact) mass is 288 g/mol. The number of ether oxygens (including phenoxy) is 1. The maximum Gasteiger partial charge on any atom is 0.257 e. The van der Waals surface area contributed by atoms with Gasteiger partial charge in [0.15, 0.2) is 0 Å². The van der Waals surface area contributed by atoms with Crippen LogP contribution in [0.4, 0.5) is 0 Å². The van der Waals surface area contributed by atoms with Gasteiger partial charge in [-0.25, -0.2) is 0 Å². The first-order valence-corrected chi connectivity index (χ1v) is 7.98. The van der Waals surface area contributed by atoms with Crippen LogP contribution in [0.3, 0.4) is 0 Å². The van der Waals surface area contributed by atoms with Crippen molar-refractivity contribution in [3.63, 3.8) is 0 Å². The molecular weight excluding hydrogens is 264 g/mol. The summed E-state index contributed by atoms with van der Waals surface area (Å²) in [5.74, 6) is 1.51. The summed E-state index contributed by atoms with van der Waals surface area (Å²) in [4.78, 5) is 14.7. The number of fused-ring (bicyclic) bond motifs is 1. The molecular formula is C17H24N2O2. The van der Waals surface area contributed by atoms with Gasteiger partial charge in [0.2, 0.25) is 0 Å². The van der Waals surface area contributed by atoms with Crippen molar-refractivity contribution in [2.75, 3.05) is 26.7 Å². The fraction of sp³-hybridized carbons (Fsp3) is 0.588. The van der Waals surface area contributed by atoms with Crippen LogP contribution in [0.5, 0.6) is 5.75 Å². The maximum absolute atomic E-state index is 12.7. The summed E-state index contributed by atoms with van der Waals surface area (Å²) in [6, 6.07) is 7.94. The predicted molar refractivity (Wildman–Crippen MR) is 82.6 cm³/mol. The molecule has 1 unspecified atom stereocenters. The molecule has 0 bridgehead atoms. The molecule has 1 heterocycles. The molecule has 0 saturated heterocycles. The van der Waals surface area contributed by atoms with E-state index in [-0.39, 0.29) is 5.91 Å². The molecule has 0 spiro atoms. The molecule has 1 aromatic carbocycles. The summed E-state index contributed by atoms with van der Waals surface area (Å²) in [7, 11) is 2.01. The highest BCUT2D eigenvalue weighted by atomic mass is 16.5. The van der Waals surface area contributed by atoms with E-state index < -0.39 is 0 Å². The summed E-state index contributed by atoms with van der Waals surface area (Å²) < 4.78 is 5.71. The van der Waals surface area contributed by atoms with Crippen molar-refractivity contribution in [3.05, 3.63) is 29.8 Å². The Morgan fingerprint density at radius 2 is 2.10 bits per heavy atom. The number of nitrogens with zero attached hydrogens (tertiary/aromatic N) is 1. The van der Waals surface area contributed by atoms with Crippen LogP contribution in [-0.2, 0) is 0 Å². The van der Waals surface area contributed by atoms with Gasteiger partial charge in [0.1, 0.15) is 12.4 Å². The second-order valence-corrected chi connectivity index (χ2v) is 6.04. The van der Waals surface area contributed by atoms with E-state index in [1.807, 2.05) is 36.2 Å². The van der Waals surface area contributed by atoms with Gasteiger partial charge in [0.25, 0.3) is 5.91 Å². The number of amides is 1. The van der Waals surface area contributed by atoms with E-state index in [0.717, 1.165) is 6.54 Å². The fourth-order valence-corrected chi connectivity index (χ4v) is 3.55. The van der Waals surface area contributed by atoms with Crippen LogP contribution in [0.1, 0.15) is 36.0 Å². The van der Waals surface area contributed by atoms with E-state index in [2.05, 4.69) is 5.32 Å². The number of nitrogens with one attached hydrogen (secondary N) is 1. The number of carbonyl (C=O) groups excluding carboxylic acids is 1. The Balaban J connectivity index is 1.74. The third-order valence-electron chi connectivity index (χ3n) is 4.78. The van der Waals surface area contributed by atoms with Crippen molar-refractivity contribution in [2.45, 2.75) is 31.7 Å². The fourth-order valence-electron chi connectivity index (χ4n) is 3.55. The molecule has 1 N–H and O–H groups in total. The second kappa shape index (κ2) is 6.48. The molecule has 1 aliphatic carbocycles. The minimum Gasteiger partial charge on any atom is -0.491 e. The quantitative estimate of drug-likeness (QED) is 0.924. The Kier molecular flexibility index (Phi) is 4.44. The van der Waals surface area contributed by atoms with Crippen LogP contribution in [0.2, 0.25) is 0 Å². The topological polar surface area (TPSA) is 41.6 Å². The summed E-state index contributed by atoms with van der Waals surface area (Å²) in [6.45, 7) is 2.01. The number of rotatable bonds is 4. The summed E-state index contributed by atoms with van der Waals surface area (Å²) >= 11 is 0. The van der Waals surface area contributed by atoms with Gasteiger partial charge < -0.3 is 15.0 Å². The van der Waals surface area contributed by atoms with Crippen molar-refractivity contribution in [1.82, 2.24) is 10.2 Å². The molecule has 1 amide bonds. The van der Waals surface area contributed by atoms with Gasteiger partial charge in [-0.05, 0) is 37.9 Å². The minimum atomic E-state index is 0.0985. The Bertz CT molecular complexity index is 497. The lowest BCUT2D eigenvalue weighted by Crippen LogP contribution is -2.46. The lowest BCUT2D eigenvalue weighted by Gasteiger charge is -2.29. The van der Waals surface area contributed by atoms with E-state index in [1.54, 1.807) is 0 Å². The summed E-state index contributed by atoms with van der Waals surface area (Å²) in [5, 5.41) is 3.42. The summed E-state index contributed by atoms with van der Waals surface area (Å²) in [5.41, 5.74) is 0.691. The molecule has 114 valence electrons. The molecule has 4 nitrogen and oxygen atoms in total. The molecule has 1 aromatic rings. The number of hydrogen-bond donors (Lipinski definition) is 1. The molecule has 1 aliphatic heterocycles. The van der Waals surface area contributed by atoms with Crippen LogP contribution < -0.4 is 10.1 Å². The Morgan fingerprint density at radius 3 is 2.86 bits per heavy atom. The van der Waals surface area contributed by atoms with Gasteiger partial charge in [-0.1, -0.05) is 25.0 Å². The van der Waals surface area contributed by atoms with E-state index in [0.29, 0.717) is 36.4 Å². The van der Waals surface area contributed by atoms with Crippen LogP contribution in [0.15, 0.2) is 24.3 Å². The third-order valence-corrected chi connectivity index (χ3v) is 4.78. The number of carbonyl (C=O) groups is 1. The SMILES string of the molecule is CNC(CN1CCOc2ccccc2C1=O)C1CCCC1. The van der Waals surface area contributed by atoms with Crippen molar-refractivity contribution in [3.8, 4) is 5.75 Å². The highest BCUT2D eigenvalue weighted by Gasteiger charge is 2.29. The van der Waals surface area contributed by atoms with E-state index in [1.165, 1.54) is 25.7 Å². The molecule has 21 heavy (non-hydrogen) atoms. The lowest BCUT2D eigenvalue weighted by atomic mass is 9.97. The number of benzene rings is 1. The Morgan fingerprint density at radius 1 is 1.33 bits per heavy atom. The average molecular weight is 288 g/mol. The van der Waals surface area contributed by atoms with Crippen LogP contribution >= 0.6 is 0 Å². The molecule has 3 rings (SSSR count). The van der Waals surface area contributed by atoms with Gasteiger partial charge in [-0.3, -0.25) is 4.79 Å². The highest BCUT2D eigenvalue weighted by Crippen LogP contribution is 2.29. The van der Waals surface area contributed by atoms with Gasteiger partial charge in [-0.15, -0.1) is 0 Å².